The monoisotopic (exact) mass is 350 g/mol. The molecule has 4 aromatic rings. The third kappa shape index (κ3) is 3.59. The van der Waals surface area contributed by atoms with Gasteiger partial charge < -0.3 is 20.0 Å². The number of aromatic nitrogens is 2. The van der Waals surface area contributed by atoms with Crippen molar-refractivity contribution in [3.05, 3.63) is 82.4 Å². The molecule has 4 rings (SSSR count). The summed E-state index contributed by atoms with van der Waals surface area (Å²) in [6.45, 7) is 2.51. The molecular formula is C20H18N2O4. The zero-order valence-corrected chi connectivity index (χ0v) is 14.2. The first-order valence-corrected chi connectivity index (χ1v) is 8.15. The van der Waals surface area contributed by atoms with Crippen LogP contribution in [0.4, 0.5) is 0 Å². The van der Waals surface area contributed by atoms with Crippen LogP contribution in [0.2, 0.25) is 0 Å². The van der Waals surface area contributed by atoms with Crippen LogP contribution < -0.4 is 15.0 Å². The van der Waals surface area contributed by atoms with Gasteiger partial charge in [0.15, 0.2) is 11.9 Å². The van der Waals surface area contributed by atoms with Crippen molar-refractivity contribution in [2.75, 3.05) is 6.61 Å². The third-order valence-electron chi connectivity index (χ3n) is 3.78. The summed E-state index contributed by atoms with van der Waals surface area (Å²) in [6, 6.07) is 17.4. The molecule has 2 N–H and O–H groups in total. The summed E-state index contributed by atoms with van der Waals surface area (Å²) < 4.78 is 6.06. The number of aromatic amines is 1. The topological polar surface area (TPSA) is 89.3 Å². The third-order valence-corrected chi connectivity index (χ3v) is 3.78. The highest BCUT2D eigenvalue weighted by molar-refractivity contribution is 5.84. The highest BCUT2D eigenvalue weighted by atomic mass is 16.5. The fraction of sp³-hybridized carbons (Fsp3) is 0.100. The Morgan fingerprint density at radius 3 is 2.54 bits per heavy atom. The largest absolute Gasteiger partial charge is 0.618 e. The lowest BCUT2D eigenvalue weighted by molar-refractivity contribution is -0.577. The number of hydrogen-bond donors (Lipinski definition) is 2. The summed E-state index contributed by atoms with van der Waals surface area (Å²) in [5, 5.41) is 22.2. The van der Waals surface area contributed by atoms with Gasteiger partial charge in [0.1, 0.15) is 5.75 Å². The number of rotatable bonds is 2. The van der Waals surface area contributed by atoms with Crippen molar-refractivity contribution < 1.29 is 14.6 Å². The van der Waals surface area contributed by atoms with E-state index in [0.29, 0.717) is 16.9 Å². The molecule has 26 heavy (non-hydrogen) atoms. The van der Waals surface area contributed by atoms with E-state index in [-0.39, 0.29) is 11.3 Å². The van der Waals surface area contributed by atoms with Crippen molar-refractivity contribution in [2.24, 2.45) is 0 Å². The van der Waals surface area contributed by atoms with Crippen molar-refractivity contribution in [3.63, 3.8) is 0 Å². The van der Waals surface area contributed by atoms with E-state index in [1.807, 2.05) is 25.1 Å². The molecule has 0 fully saturated rings. The molecule has 0 spiro atoms. The number of hydrogen-bond acceptors (Lipinski definition) is 4. The van der Waals surface area contributed by atoms with Gasteiger partial charge in [-0.05, 0) is 37.3 Å². The Hall–Kier alpha value is -3.54. The second kappa shape index (κ2) is 7.57. The fourth-order valence-corrected chi connectivity index (χ4v) is 2.65. The number of phenols is 1. The summed E-state index contributed by atoms with van der Waals surface area (Å²) in [5.41, 5.74) is 0.978. The number of H-pyrrole nitrogens is 1. The standard InChI is InChI=1S/C11H11NO2.C9H7NO2/c1-2-14-9-5-3-4-8-6-7-10(13)12-11(8)9;11-8-5-1-3-7-4-2-6-10(12)9(7)8/h3-7H,2H2,1H3,(H,12,13);1-6,11H. The maximum atomic E-state index is 11.2. The molecular weight excluding hydrogens is 332 g/mol. The second-order valence-corrected chi connectivity index (χ2v) is 5.52. The number of phenolic OH excluding ortho intramolecular Hbond substituents is 1. The molecule has 0 atom stereocenters. The van der Waals surface area contributed by atoms with Gasteiger partial charge in [-0.3, -0.25) is 4.79 Å². The first kappa shape index (κ1) is 17.3. The average Bonchev–Trinajstić information content (AvgIpc) is 2.63. The van der Waals surface area contributed by atoms with Crippen LogP contribution in [0.1, 0.15) is 6.92 Å². The van der Waals surface area contributed by atoms with Gasteiger partial charge in [0.05, 0.1) is 17.5 Å². The lowest BCUT2D eigenvalue weighted by Gasteiger charge is -2.05. The number of nitrogens with one attached hydrogen (secondary N) is 1. The molecule has 0 amide bonds. The summed E-state index contributed by atoms with van der Waals surface area (Å²) in [6.07, 6.45) is 1.36. The van der Waals surface area contributed by atoms with Gasteiger partial charge >= 0.3 is 0 Å². The molecule has 2 aromatic heterocycles. The minimum Gasteiger partial charge on any atom is -0.618 e. The van der Waals surface area contributed by atoms with Crippen molar-refractivity contribution >= 4 is 21.8 Å². The molecule has 0 aliphatic rings. The van der Waals surface area contributed by atoms with Crippen LogP contribution in [0, 0.1) is 5.21 Å². The van der Waals surface area contributed by atoms with Crippen molar-refractivity contribution in [3.8, 4) is 11.5 Å². The Bertz CT molecular complexity index is 1070. The zero-order chi connectivity index (χ0) is 18.5. The normalized spacial score (nSPS) is 10.3. The van der Waals surface area contributed by atoms with Crippen molar-refractivity contribution in [1.82, 2.24) is 4.98 Å². The molecule has 0 unspecified atom stereocenters. The summed E-state index contributed by atoms with van der Waals surface area (Å²) in [5.74, 6) is 0.741. The van der Waals surface area contributed by atoms with Crippen LogP contribution in [0.25, 0.3) is 21.8 Å². The maximum absolute atomic E-state index is 11.2. The molecule has 6 heteroatoms. The Kier molecular flexibility index (Phi) is 5.03. The molecule has 0 saturated heterocycles. The molecule has 0 aliphatic heterocycles. The van der Waals surface area contributed by atoms with Crippen LogP contribution in [-0.4, -0.2) is 16.7 Å². The van der Waals surface area contributed by atoms with E-state index in [4.69, 9.17) is 4.74 Å². The zero-order valence-electron chi connectivity index (χ0n) is 14.2. The first-order valence-electron chi connectivity index (χ1n) is 8.15. The van der Waals surface area contributed by atoms with Gasteiger partial charge in [0.2, 0.25) is 5.56 Å². The van der Waals surface area contributed by atoms with Crippen LogP contribution in [0.15, 0.2) is 71.7 Å². The summed E-state index contributed by atoms with van der Waals surface area (Å²) in [7, 11) is 0. The summed E-state index contributed by atoms with van der Waals surface area (Å²) in [4.78, 5) is 13.9. The lowest BCUT2D eigenvalue weighted by Crippen LogP contribution is -2.25. The number of nitrogens with zero attached hydrogens (tertiary/aromatic N) is 1. The fourth-order valence-electron chi connectivity index (χ4n) is 2.65. The van der Waals surface area contributed by atoms with Gasteiger partial charge in [0, 0.05) is 17.5 Å². The van der Waals surface area contributed by atoms with Crippen LogP contribution in [-0.2, 0) is 0 Å². The second-order valence-electron chi connectivity index (χ2n) is 5.52. The molecule has 0 bridgehead atoms. The quantitative estimate of drug-likeness (QED) is 0.429. The van der Waals surface area contributed by atoms with Crippen LogP contribution in [0.5, 0.6) is 11.5 Å². The van der Waals surface area contributed by atoms with E-state index in [2.05, 4.69) is 4.98 Å². The first-order chi connectivity index (χ1) is 12.6. The number of para-hydroxylation sites is 2. The SMILES string of the molecule is CCOc1cccc2ccc(=O)[nH]c12.[O-][n+]1cccc2cccc(O)c21. The molecule has 2 aromatic carbocycles. The van der Waals surface area contributed by atoms with Gasteiger partial charge in [-0.1, -0.05) is 18.2 Å². The molecule has 132 valence electrons. The van der Waals surface area contributed by atoms with Gasteiger partial charge in [-0.2, -0.15) is 4.73 Å². The average molecular weight is 350 g/mol. The molecule has 6 nitrogen and oxygen atoms in total. The van der Waals surface area contributed by atoms with E-state index in [0.717, 1.165) is 22.0 Å². The van der Waals surface area contributed by atoms with Gasteiger partial charge in [0.25, 0.3) is 5.52 Å². The highest BCUT2D eigenvalue weighted by Gasteiger charge is 2.06. The van der Waals surface area contributed by atoms with Crippen molar-refractivity contribution in [1.29, 1.82) is 0 Å². The Morgan fingerprint density at radius 2 is 1.77 bits per heavy atom. The Labute approximate surface area is 149 Å². The number of fused-ring (bicyclic) bond motifs is 2. The van der Waals surface area contributed by atoms with E-state index < -0.39 is 0 Å². The van der Waals surface area contributed by atoms with E-state index >= 15 is 0 Å². The minimum atomic E-state index is -0.107. The number of pyridine rings is 2. The minimum absolute atomic E-state index is 0.0168. The molecule has 0 saturated carbocycles. The van der Waals surface area contributed by atoms with Crippen LogP contribution in [0.3, 0.4) is 0 Å². The van der Waals surface area contributed by atoms with Gasteiger partial charge in [-0.25, -0.2) is 0 Å². The lowest BCUT2D eigenvalue weighted by atomic mass is 10.2. The smallest absolute Gasteiger partial charge is 0.265 e. The maximum Gasteiger partial charge on any atom is 0.265 e. The number of ether oxygens (including phenoxy) is 1. The number of benzene rings is 2. The predicted octanol–water partition coefficient (Wildman–Crippen LogP) is 3.11. The highest BCUT2D eigenvalue weighted by Crippen LogP contribution is 2.21. The molecule has 2 heterocycles. The van der Waals surface area contributed by atoms with E-state index in [9.17, 15) is 15.1 Å². The van der Waals surface area contributed by atoms with E-state index in [1.165, 1.54) is 18.3 Å². The Balaban J connectivity index is 0.000000152. The summed E-state index contributed by atoms with van der Waals surface area (Å²) >= 11 is 0. The molecule has 0 aliphatic carbocycles. The van der Waals surface area contributed by atoms with Crippen molar-refractivity contribution in [2.45, 2.75) is 6.92 Å². The number of aromatic hydroxyl groups is 1. The predicted molar refractivity (Wildman–Crippen MR) is 100 cm³/mol. The van der Waals surface area contributed by atoms with Crippen LogP contribution >= 0.6 is 0 Å². The Morgan fingerprint density at radius 1 is 1.04 bits per heavy atom. The van der Waals surface area contributed by atoms with Gasteiger partial charge in [-0.15, -0.1) is 0 Å². The molecule has 0 radical (unpaired) electrons. The van der Waals surface area contributed by atoms with E-state index in [1.54, 1.807) is 30.3 Å².